The Morgan fingerprint density at radius 2 is 2.12 bits per heavy atom. The number of carbonyl (C=O) groups is 1. The van der Waals surface area contributed by atoms with Crippen molar-refractivity contribution in [1.29, 1.82) is 0 Å². The van der Waals surface area contributed by atoms with Crippen LogP contribution in [0.5, 0.6) is 5.75 Å². The van der Waals surface area contributed by atoms with Gasteiger partial charge < -0.3 is 15.6 Å². The molecule has 0 heterocycles. The summed E-state index contributed by atoms with van der Waals surface area (Å²) in [5, 5.41) is 9.98. The van der Waals surface area contributed by atoms with Gasteiger partial charge in [-0.2, -0.15) is 0 Å². The van der Waals surface area contributed by atoms with Crippen molar-refractivity contribution >= 4 is 21.9 Å². The molecule has 0 radical (unpaired) electrons. The van der Waals surface area contributed by atoms with Crippen LogP contribution >= 0.6 is 15.9 Å². The molecule has 1 unspecified atom stereocenters. The molecule has 0 bridgehead atoms. The Morgan fingerprint density at radius 1 is 1.53 bits per heavy atom. The van der Waals surface area contributed by atoms with Crippen LogP contribution in [0.1, 0.15) is 16.7 Å². The average molecular weight is 302 g/mol. The molecule has 0 aliphatic heterocycles. The standard InChI is InChI=1S/C12H16BrNO3/c1-6-7(2)11(15)8(4-9(6)13)5-10(14)12(16)17-3/h4,10,15H,5,14H2,1-3H3. The molecular formula is C12H16BrNO3. The SMILES string of the molecule is COC(=O)C(N)Cc1cc(Br)c(C)c(C)c1O. The summed E-state index contributed by atoms with van der Waals surface area (Å²) in [5.41, 5.74) is 8.06. The minimum Gasteiger partial charge on any atom is -0.507 e. The van der Waals surface area contributed by atoms with E-state index in [0.717, 1.165) is 15.6 Å². The van der Waals surface area contributed by atoms with E-state index in [9.17, 15) is 9.90 Å². The molecule has 1 aromatic carbocycles. The maximum atomic E-state index is 11.2. The Bertz CT molecular complexity index is 446. The monoisotopic (exact) mass is 301 g/mol. The molecule has 0 spiro atoms. The molecule has 17 heavy (non-hydrogen) atoms. The Balaban J connectivity index is 3.04. The van der Waals surface area contributed by atoms with E-state index in [1.54, 1.807) is 6.07 Å². The number of phenolic OH excluding ortho intramolecular Hbond substituents is 1. The number of benzene rings is 1. The highest BCUT2D eigenvalue weighted by molar-refractivity contribution is 9.10. The predicted molar refractivity (Wildman–Crippen MR) is 69.0 cm³/mol. The summed E-state index contributed by atoms with van der Waals surface area (Å²) in [6.07, 6.45) is 0.248. The molecule has 0 saturated carbocycles. The summed E-state index contributed by atoms with van der Waals surface area (Å²) in [6, 6.07) is 1.01. The number of halogens is 1. The van der Waals surface area contributed by atoms with Crippen LogP contribution in [0, 0.1) is 13.8 Å². The predicted octanol–water partition coefficient (Wildman–Crippen LogP) is 1.81. The molecule has 0 amide bonds. The number of phenols is 1. The number of esters is 1. The van der Waals surface area contributed by atoms with Crippen molar-refractivity contribution in [2.45, 2.75) is 26.3 Å². The van der Waals surface area contributed by atoms with Gasteiger partial charge in [-0.3, -0.25) is 4.79 Å². The Kier molecular flexibility index (Phi) is 4.54. The molecule has 0 fully saturated rings. The minimum atomic E-state index is -0.764. The van der Waals surface area contributed by atoms with E-state index in [1.807, 2.05) is 13.8 Å². The van der Waals surface area contributed by atoms with Crippen molar-refractivity contribution in [2.75, 3.05) is 7.11 Å². The first-order chi connectivity index (χ1) is 7.88. The number of hydrogen-bond donors (Lipinski definition) is 2. The van der Waals surface area contributed by atoms with Crippen molar-refractivity contribution in [2.24, 2.45) is 5.73 Å². The van der Waals surface area contributed by atoms with Gasteiger partial charge in [-0.05, 0) is 36.6 Å². The zero-order chi connectivity index (χ0) is 13.2. The highest BCUT2D eigenvalue weighted by Crippen LogP contribution is 2.31. The molecule has 0 aromatic heterocycles. The second kappa shape index (κ2) is 5.51. The van der Waals surface area contributed by atoms with E-state index in [0.29, 0.717) is 5.56 Å². The van der Waals surface area contributed by atoms with Crippen LogP contribution in [0.2, 0.25) is 0 Å². The fourth-order valence-electron chi connectivity index (χ4n) is 1.55. The van der Waals surface area contributed by atoms with E-state index in [4.69, 9.17) is 5.73 Å². The number of nitrogens with two attached hydrogens (primary N) is 1. The first-order valence-electron chi connectivity index (χ1n) is 5.19. The summed E-state index contributed by atoms with van der Waals surface area (Å²) >= 11 is 3.41. The topological polar surface area (TPSA) is 72.5 Å². The zero-order valence-corrected chi connectivity index (χ0v) is 11.7. The highest BCUT2D eigenvalue weighted by Gasteiger charge is 2.18. The van der Waals surface area contributed by atoms with E-state index in [-0.39, 0.29) is 12.2 Å². The number of ether oxygens (including phenoxy) is 1. The Labute approximate surface area is 109 Å². The van der Waals surface area contributed by atoms with Gasteiger partial charge in [0.25, 0.3) is 0 Å². The number of carbonyl (C=O) groups excluding carboxylic acids is 1. The van der Waals surface area contributed by atoms with Crippen LogP contribution in [0.25, 0.3) is 0 Å². The molecule has 0 aliphatic carbocycles. The molecule has 1 aromatic rings. The first-order valence-corrected chi connectivity index (χ1v) is 5.98. The summed E-state index contributed by atoms with van der Waals surface area (Å²) in [4.78, 5) is 11.2. The maximum Gasteiger partial charge on any atom is 0.322 e. The third-order valence-corrected chi connectivity index (χ3v) is 3.65. The third kappa shape index (κ3) is 2.98. The fourth-order valence-corrected chi connectivity index (χ4v) is 2.13. The largest absolute Gasteiger partial charge is 0.507 e. The molecule has 0 saturated heterocycles. The van der Waals surface area contributed by atoms with Crippen molar-refractivity contribution in [3.8, 4) is 5.75 Å². The minimum absolute atomic E-state index is 0.185. The number of hydrogen-bond acceptors (Lipinski definition) is 4. The van der Waals surface area contributed by atoms with Crippen LogP contribution in [0.3, 0.4) is 0 Å². The molecular weight excluding hydrogens is 286 g/mol. The van der Waals surface area contributed by atoms with E-state index < -0.39 is 12.0 Å². The van der Waals surface area contributed by atoms with Crippen LogP contribution in [0.15, 0.2) is 10.5 Å². The lowest BCUT2D eigenvalue weighted by molar-refractivity contribution is -0.142. The van der Waals surface area contributed by atoms with E-state index >= 15 is 0 Å². The van der Waals surface area contributed by atoms with Gasteiger partial charge in [0.15, 0.2) is 0 Å². The molecule has 1 rings (SSSR count). The number of aromatic hydroxyl groups is 1. The van der Waals surface area contributed by atoms with Crippen LogP contribution < -0.4 is 5.73 Å². The molecule has 94 valence electrons. The fraction of sp³-hybridized carbons (Fsp3) is 0.417. The highest BCUT2D eigenvalue weighted by atomic mass is 79.9. The van der Waals surface area contributed by atoms with Crippen molar-refractivity contribution < 1.29 is 14.6 Å². The lowest BCUT2D eigenvalue weighted by Crippen LogP contribution is -2.33. The lowest BCUT2D eigenvalue weighted by atomic mass is 9.99. The first kappa shape index (κ1) is 14.0. The second-order valence-corrected chi connectivity index (χ2v) is 4.80. The summed E-state index contributed by atoms with van der Waals surface area (Å²) in [6.45, 7) is 3.73. The van der Waals surface area contributed by atoms with Crippen molar-refractivity contribution in [3.63, 3.8) is 0 Å². The average Bonchev–Trinajstić information content (AvgIpc) is 2.32. The normalized spacial score (nSPS) is 12.3. The molecule has 5 heteroatoms. The van der Waals surface area contributed by atoms with Gasteiger partial charge in [-0.15, -0.1) is 0 Å². The Hall–Kier alpha value is -1.07. The molecule has 1 atom stereocenters. The summed E-state index contributed by atoms with van der Waals surface area (Å²) < 4.78 is 5.44. The lowest BCUT2D eigenvalue weighted by Gasteiger charge is -2.14. The van der Waals surface area contributed by atoms with Crippen LogP contribution in [-0.4, -0.2) is 24.2 Å². The van der Waals surface area contributed by atoms with Crippen molar-refractivity contribution in [3.05, 3.63) is 27.2 Å². The Morgan fingerprint density at radius 3 is 2.65 bits per heavy atom. The number of methoxy groups -OCH3 is 1. The zero-order valence-electron chi connectivity index (χ0n) is 10.1. The van der Waals surface area contributed by atoms with Gasteiger partial charge in [-0.1, -0.05) is 15.9 Å². The molecule has 3 N–H and O–H groups in total. The van der Waals surface area contributed by atoms with Gasteiger partial charge in [-0.25, -0.2) is 0 Å². The van der Waals surface area contributed by atoms with E-state index in [1.165, 1.54) is 7.11 Å². The van der Waals surface area contributed by atoms with Crippen molar-refractivity contribution in [1.82, 2.24) is 0 Å². The maximum absolute atomic E-state index is 11.2. The second-order valence-electron chi connectivity index (χ2n) is 3.95. The summed E-state index contributed by atoms with van der Waals surface area (Å²) in [5.74, 6) is -0.302. The van der Waals surface area contributed by atoms with E-state index in [2.05, 4.69) is 20.7 Å². The van der Waals surface area contributed by atoms with Gasteiger partial charge in [0.1, 0.15) is 11.8 Å². The summed E-state index contributed by atoms with van der Waals surface area (Å²) in [7, 11) is 1.29. The third-order valence-electron chi connectivity index (χ3n) is 2.82. The molecule has 4 nitrogen and oxygen atoms in total. The number of rotatable bonds is 3. The van der Waals surface area contributed by atoms with Crippen LogP contribution in [-0.2, 0) is 16.0 Å². The van der Waals surface area contributed by atoms with Gasteiger partial charge in [0.2, 0.25) is 0 Å². The smallest absolute Gasteiger partial charge is 0.322 e. The van der Waals surface area contributed by atoms with Gasteiger partial charge in [0, 0.05) is 10.9 Å². The quantitative estimate of drug-likeness (QED) is 0.835. The van der Waals surface area contributed by atoms with Crippen LogP contribution in [0.4, 0.5) is 0 Å². The van der Waals surface area contributed by atoms with Gasteiger partial charge >= 0.3 is 5.97 Å². The molecule has 0 aliphatic rings. The van der Waals surface area contributed by atoms with Gasteiger partial charge in [0.05, 0.1) is 7.11 Å².